The molecule has 78 heavy (non-hydrogen) atoms. The lowest BCUT2D eigenvalue weighted by molar-refractivity contribution is 0.478. The second-order valence-corrected chi connectivity index (χ2v) is 22.6. The van der Waals surface area contributed by atoms with E-state index in [-0.39, 0.29) is 17.5 Å². The van der Waals surface area contributed by atoms with Crippen LogP contribution in [-0.2, 0) is 10.8 Å². The molecule has 4 aliphatic rings. The van der Waals surface area contributed by atoms with Crippen LogP contribution < -0.4 is 48.7 Å². The van der Waals surface area contributed by atoms with E-state index in [9.17, 15) is 0 Å². The standard InChI is InChI=1S/C66H64N10O2/c1-65(2,3)45-31-49(71-41-69(7)55-23-9-11-25-57(55)71)37-53(33-45)77-51-21-17-19-47(35-51)73-43-75(61-29-15-13-27-59(61)73)63-39-68-64(40-67-63)76-44-74(60-28-14-16-30-62(60)76)48-20-18-22-52(36-48)78-54-34-46(66(4,5)6)32-50(38-54)72-42-70(8)56-24-10-12-26-58(56)72/h9-40H,41-44H2,1-8H3/i7D3. The summed E-state index contributed by atoms with van der Waals surface area (Å²) in [5.41, 5.74) is 13.9. The minimum absolute atomic E-state index is 0.0955. The zero-order valence-electron chi connectivity index (χ0n) is 48.1. The molecular formula is C66H64N10O2. The number of fused-ring (bicyclic) bond motifs is 4. The Morgan fingerprint density at radius 2 is 0.705 bits per heavy atom. The molecule has 0 fully saturated rings. The molecule has 12 nitrogen and oxygen atoms in total. The van der Waals surface area contributed by atoms with Gasteiger partial charge in [0.1, 0.15) is 36.3 Å². The molecule has 0 spiro atoms. The summed E-state index contributed by atoms with van der Waals surface area (Å²) in [6, 6.07) is 62.3. The average molecular weight is 1030 g/mol. The van der Waals surface area contributed by atoms with Gasteiger partial charge in [0, 0.05) is 65.2 Å². The quantitative estimate of drug-likeness (QED) is 0.131. The number of aromatic nitrogens is 2. The predicted molar refractivity (Wildman–Crippen MR) is 320 cm³/mol. The molecule has 0 saturated heterocycles. The van der Waals surface area contributed by atoms with Crippen molar-refractivity contribution in [1.29, 1.82) is 0 Å². The maximum Gasteiger partial charge on any atom is 0.153 e. The van der Waals surface area contributed by atoms with Crippen LogP contribution in [0.15, 0.2) is 194 Å². The number of rotatable bonds is 10. The summed E-state index contributed by atoms with van der Waals surface area (Å²) in [6.45, 7) is 12.9. The first-order valence-corrected chi connectivity index (χ1v) is 26.6. The normalized spacial score (nSPS) is 15.5. The van der Waals surface area contributed by atoms with E-state index in [2.05, 4.69) is 216 Å². The monoisotopic (exact) mass is 1030 g/mol. The SMILES string of the molecule is [2H]C([2H])([2H])N1CN(c2cc(Oc3cccc(N4CN(c5cnc(N6CN(c7cccc(Oc8cc(N9CN(C)c%10ccccc%109)cc(C(C)(C)C)c8)c7)c7ccccc76)cn5)c5ccccc54)c3)cc(C(C)(C)C)c2)c2ccccc21. The molecule has 0 radical (unpaired) electrons. The van der Waals surface area contributed by atoms with E-state index in [0.29, 0.717) is 30.5 Å². The largest absolute Gasteiger partial charge is 0.457 e. The van der Waals surface area contributed by atoms with Crippen LogP contribution in [0.25, 0.3) is 0 Å². The van der Waals surface area contributed by atoms with Gasteiger partial charge in [-0.2, -0.15) is 0 Å². The summed E-state index contributed by atoms with van der Waals surface area (Å²) < 4.78 is 38.5. The Balaban J connectivity index is 0.737. The number of hydrogen-bond donors (Lipinski definition) is 0. The molecule has 13 rings (SSSR count). The van der Waals surface area contributed by atoms with E-state index in [1.807, 2.05) is 60.9 Å². The van der Waals surface area contributed by atoms with E-state index in [1.165, 1.54) is 21.8 Å². The molecule has 390 valence electrons. The number of nitrogens with zero attached hydrogens (tertiary/aromatic N) is 10. The van der Waals surface area contributed by atoms with Gasteiger partial charge in [-0.3, -0.25) is 0 Å². The molecule has 0 amide bonds. The van der Waals surface area contributed by atoms with E-state index >= 15 is 0 Å². The first-order valence-electron chi connectivity index (χ1n) is 28.1. The summed E-state index contributed by atoms with van der Waals surface area (Å²) in [5, 5.41) is 0. The van der Waals surface area contributed by atoms with Crippen LogP contribution in [0.3, 0.4) is 0 Å². The summed E-state index contributed by atoms with van der Waals surface area (Å²) in [6.07, 6.45) is 3.73. The first kappa shape index (κ1) is 45.1. The predicted octanol–water partition coefficient (Wildman–Crippen LogP) is 16.2. The van der Waals surface area contributed by atoms with Gasteiger partial charge in [-0.25, -0.2) is 9.97 Å². The lowest BCUT2D eigenvalue weighted by Gasteiger charge is -2.26. The fourth-order valence-electron chi connectivity index (χ4n) is 11.1. The lowest BCUT2D eigenvalue weighted by Crippen LogP contribution is -2.26. The van der Waals surface area contributed by atoms with Crippen LogP contribution in [0.1, 0.15) is 56.8 Å². The van der Waals surface area contributed by atoms with Crippen molar-refractivity contribution in [1.82, 2.24) is 9.97 Å². The highest BCUT2D eigenvalue weighted by Gasteiger charge is 2.33. The molecular weight excluding hydrogens is 965 g/mol. The highest BCUT2D eigenvalue weighted by molar-refractivity contribution is 5.89. The zero-order valence-corrected chi connectivity index (χ0v) is 45.1. The van der Waals surface area contributed by atoms with Gasteiger partial charge in [-0.05, 0) is 119 Å². The second kappa shape index (κ2) is 18.8. The molecule has 0 atom stereocenters. The highest BCUT2D eigenvalue weighted by atomic mass is 16.5. The number of ether oxygens (including phenoxy) is 2. The molecule has 4 aliphatic heterocycles. The van der Waals surface area contributed by atoms with Gasteiger partial charge in [0.15, 0.2) is 11.6 Å². The van der Waals surface area contributed by atoms with Crippen LogP contribution in [0.4, 0.5) is 79.9 Å². The molecule has 0 N–H and O–H groups in total. The fraction of sp³-hybridized carbons (Fsp3) is 0.212. The topological polar surface area (TPSA) is 70.2 Å². The summed E-state index contributed by atoms with van der Waals surface area (Å²) in [4.78, 5) is 27.3. The Labute approximate surface area is 462 Å². The highest BCUT2D eigenvalue weighted by Crippen LogP contribution is 2.49. The van der Waals surface area contributed by atoms with Gasteiger partial charge in [-0.1, -0.05) is 102 Å². The van der Waals surface area contributed by atoms with Gasteiger partial charge < -0.3 is 48.7 Å². The molecule has 0 bridgehead atoms. The number of anilines is 14. The Bertz CT molecular complexity index is 3860. The van der Waals surface area contributed by atoms with Crippen molar-refractivity contribution >= 4 is 79.9 Å². The second-order valence-electron chi connectivity index (χ2n) is 22.6. The van der Waals surface area contributed by atoms with Crippen LogP contribution in [0.5, 0.6) is 23.0 Å². The fourth-order valence-corrected chi connectivity index (χ4v) is 11.1. The third-order valence-corrected chi connectivity index (χ3v) is 15.2. The van der Waals surface area contributed by atoms with Crippen molar-refractivity contribution < 1.29 is 13.6 Å². The molecule has 0 aliphatic carbocycles. The Morgan fingerprint density at radius 3 is 1.10 bits per heavy atom. The Morgan fingerprint density at radius 1 is 0.359 bits per heavy atom. The van der Waals surface area contributed by atoms with Gasteiger partial charge in [-0.15, -0.1) is 0 Å². The Kier molecular flexibility index (Phi) is 10.9. The number of para-hydroxylation sites is 8. The van der Waals surface area contributed by atoms with Gasteiger partial charge in [0.2, 0.25) is 0 Å². The van der Waals surface area contributed by atoms with Gasteiger partial charge in [0.25, 0.3) is 0 Å². The zero-order chi connectivity index (χ0) is 56.0. The van der Waals surface area contributed by atoms with Gasteiger partial charge in [0.05, 0.1) is 71.2 Å². The van der Waals surface area contributed by atoms with Crippen molar-refractivity contribution in [3.8, 4) is 23.0 Å². The molecule has 1 aromatic heterocycles. The van der Waals surface area contributed by atoms with Crippen molar-refractivity contribution in [2.75, 3.05) is 79.9 Å². The van der Waals surface area contributed by atoms with E-state index < -0.39 is 6.98 Å². The van der Waals surface area contributed by atoms with Crippen molar-refractivity contribution in [2.24, 2.45) is 0 Å². The van der Waals surface area contributed by atoms with Crippen molar-refractivity contribution in [3.63, 3.8) is 0 Å². The lowest BCUT2D eigenvalue weighted by atomic mass is 9.86. The maximum absolute atomic E-state index is 8.30. The van der Waals surface area contributed by atoms with Crippen LogP contribution in [-0.4, -0.2) is 50.7 Å². The van der Waals surface area contributed by atoms with Crippen LogP contribution in [0, 0.1) is 0 Å². The maximum atomic E-state index is 8.30. The average Bonchev–Trinajstić information content (AvgIpc) is 4.42. The molecule has 12 heteroatoms. The molecule has 8 aromatic carbocycles. The molecule has 0 saturated carbocycles. The van der Waals surface area contributed by atoms with Crippen molar-refractivity contribution in [2.45, 2.75) is 52.4 Å². The molecule has 0 unspecified atom stereocenters. The van der Waals surface area contributed by atoms with Gasteiger partial charge >= 0.3 is 0 Å². The minimum atomic E-state index is -2.30. The minimum Gasteiger partial charge on any atom is -0.457 e. The van der Waals surface area contributed by atoms with Crippen molar-refractivity contribution in [3.05, 3.63) is 206 Å². The molecule has 9 aromatic rings. The van der Waals surface area contributed by atoms with E-state index in [4.69, 9.17) is 23.6 Å². The van der Waals surface area contributed by atoms with E-state index in [0.717, 1.165) is 86.6 Å². The summed E-state index contributed by atoms with van der Waals surface area (Å²) in [5.74, 6) is 4.33. The van der Waals surface area contributed by atoms with E-state index in [1.54, 1.807) is 0 Å². The summed E-state index contributed by atoms with van der Waals surface area (Å²) in [7, 11) is 2.13. The first-order chi connectivity index (χ1) is 38.9. The van der Waals surface area contributed by atoms with Crippen LogP contribution in [0.2, 0.25) is 0 Å². The number of hydrogen-bond acceptors (Lipinski definition) is 12. The third-order valence-electron chi connectivity index (χ3n) is 15.2. The Hall–Kier alpha value is -9.16. The summed E-state index contributed by atoms with van der Waals surface area (Å²) >= 11 is 0. The third kappa shape index (κ3) is 8.86. The smallest absolute Gasteiger partial charge is 0.153 e. The number of benzene rings is 8. The molecule has 5 heterocycles. The van der Waals surface area contributed by atoms with Crippen LogP contribution >= 0.6 is 0 Å².